The molecule has 0 aliphatic heterocycles. The molecule has 0 saturated heterocycles. The summed E-state index contributed by atoms with van der Waals surface area (Å²) < 4.78 is 10.00. The number of rotatable bonds is 4. The van der Waals surface area contributed by atoms with Gasteiger partial charge in [-0.1, -0.05) is 0 Å². The second-order valence-corrected chi connectivity index (χ2v) is 3.07. The fraction of sp³-hybridized carbons (Fsp3) is 0.500. The first-order valence-corrected chi connectivity index (χ1v) is 5.56. The molecule has 1 radical (unpaired) electrons. The Hall–Kier alpha value is -0.494. The van der Waals surface area contributed by atoms with Gasteiger partial charge in [0.25, 0.3) is 0 Å². The zero-order valence-electron chi connectivity index (χ0n) is 6.23. The van der Waals surface area contributed by atoms with Gasteiger partial charge in [0.1, 0.15) is 0 Å². The zero-order valence-corrected chi connectivity index (χ0v) is 9.40. The van der Waals surface area contributed by atoms with Crippen molar-refractivity contribution in [3.05, 3.63) is 12.2 Å². The fourth-order valence-corrected chi connectivity index (χ4v) is 0.924. The summed E-state index contributed by atoms with van der Waals surface area (Å²) in [6.45, 7) is 0.314. The van der Waals surface area contributed by atoms with Crippen LogP contribution in [0.2, 0.25) is 4.08 Å². The van der Waals surface area contributed by atoms with Gasteiger partial charge in [-0.05, 0) is 0 Å². The quantitative estimate of drug-likeness (QED) is 0.689. The Labute approximate surface area is 84.6 Å². The van der Waals surface area contributed by atoms with Crippen molar-refractivity contribution in [2.24, 2.45) is 0 Å². The van der Waals surface area contributed by atoms with Gasteiger partial charge in [0.2, 0.25) is 0 Å². The van der Waals surface area contributed by atoms with E-state index in [4.69, 9.17) is 9.26 Å². The molecule has 0 aliphatic carbocycles. The number of aromatic nitrogens is 2. The first kappa shape index (κ1) is 9.59. The van der Waals surface area contributed by atoms with Gasteiger partial charge in [0, 0.05) is 0 Å². The van der Waals surface area contributed by atoms with Crippen LogP contribution in [0, 0.1) is 0 Å². The number of hydrogen-bond acceptors (Lipinski definition) is 5. The molecule has 0 spiro atoms. The first-order valence-electron chi connectivity index (χ1n) is 3.32. The summed E-state index contributed by atoms with van der Waals surface area (Å²) in [5.41, 5.74) is 0. The molecule has 1 aromatic rings. The van der Waals surface area contributed by atoms with Crippen LogP contribution in [-0.4, -0.2) is 47.8 Å². The van der Waals surface area contributed by atoms with E-state index in [2.05, 4.69) is 10.1 Å². The van der Waals surface area contributed by atoms with E-state index in [0.717, 1.165) is 0 Å². The minimum atomic E-state index is -0.176. The van der Waals surface area contributed by atoms with E-state index in [1.165, 1.54) is 31.4 Å². The molecule has 0 unspecified atom stereocenters. The van der Waals surface area contributed by atoms with Gasteiger partial charge in [0.05, 0.1) is 0 Å². The number of esters is 1. The Bertz CT molecular complexity index is 237. The molecule has 0 aromatic carbocycles. The molecule has 0 N–H and O–H groups in total. The Kier molecular flexibility index (Phi) is 4.16. The predicted molar refractivity (Wildman–Crippen MR) is 39.5 cm³/mol. The number of ether oxygens (including phenoxy) is 1. The molecule has 65 valence electrons. The zero-order chi connectivity index (χ0) is 8.81. The van der Waals surface area contributed by atoms with Crippen LogP contribution >= 0.6 is 0 Å². The molecular weight excluding hydrogens is 357 g/mol. The van der Waals surface area contributed by atoms with Crippen molar-refractivity contribution in [1.29, 1.82) is 0 Å². The van der Waals surface area contributed by atoms with E-state index in [0.29, 0.717) is 23.0 Å². The van der Waals surface area contributed by atoms with E-state index in [9.17, 15) is 4.79 Å². The molecule has 1 aromatic heterocycles. The molecule has 0 amide bonds. The van der Waals surface area contributed by atoms with Crippen molar-refractivity contribution >= 4 is 31.0 Å². The molecule has 0 atom stereocenters. The van der Waals surface area contributed by atoms with Gasteiger partial charge in [-0.25, -0.2) is 0 Å². The second-order valence-electron chi connectivity index (χ2n) is 1.95. The van der Waals surface area contributed by atoms with Gasteiger partial charge in [-0.2, -0.15) is 0 Å². The van der Waals surface area contributed by atoms with E-state index >= 15 is 0 Å². The molecule has 0 aliphatic rings. The molecule has 12 heavy (non-hydrogen) atoms. The molecule has 1 heterocycles. The van der Waals surface area contributed by atoms with Crippen molar-refractivity contribution in [3.63, 3.8) is 0 Å². The first-order chi connectivity index (χ1) is 5.83. The Morgan fingerprint density at radius 3 is 3.17 bits per heavy atom. The molecule has 5 nitrogen and oxygen atoms in total. The van der Waals surface area contributed by atoms with E-state index in [1.54, 1.807) is 0 Å². The molecule has 1 rings (SSSR count). The third-order valence-electron chi connectivity index (χ3n) is 1.10. The molecule has 0 saturated carbocycles. The van der Waals surface area contributed by atoms with Gasteiger partial charge < -0.3 is 0 Å². The van der Waals surface area contributed by atoms with Crippen LogP contribution in [0.15, 0.2) is 10.9 Å². The predicted octanol–water partition coefficient (Wildman–Crippen LogP) is -0.258. The maximum absolute atomic E-state index is 10.7. The van der Waals surface area contributed by atoms with E-state index < -0.39 is 0 Å². The number of hydrogen-bond donors (Lipinski definition) is 0. The van der Waals surface area contributed by atoms with Crippen LogP contribution in [0.3, 0.4) is 0 Å². The third-order valence-corrected chi connectivity index (χ3v) is 2.02. The van der Waals surface area contributed by atoms with Crippen LogP contribution in [0.25, 0.3) is 0 Å². The van der Waals surface area contributed by atoms with E-state index in [1.807, 2.05) is 0 Å². The fourth-order valence-electron chi connectivity index (χ4n) is 0.600. The average Bonchev–Trinajstić information content (AvgIpc) is 2.57. The summed E-state index contributed by atoms with van der Waals surface area (Å²) in [4.78, 5) is 14.4. The Morgan fingerprint density at radius 1 is 1.75 bits per heavy atom. The van der Waals surface area contributed by atoms with E-state index in [-0.39, 0.29) is 5.97 Å². The molecular formula is C6H7N2O3Po. The summed E-state index contributed by atoms with van der Waals surface area (Å²) in [5.74, 6) is 0.316. The third kappa shape index (κ3) is 3.27. The minimum absolute atomic E-state index is 0.176. The van der Waals surface area contributed by atoms with Crippen LogP contribution in [0.4, 0.5) is 0 Å². The van der Waals surface area contributed by atoms with Crippen molar-refractivity contribution in [3.8, 4) is 0 Å². The van der Waals surface area contributed by atoms with Gasteiger partial charge in [-0.3, -0.25) is 0 Å². The van der Waals surface area contributed by atoms with Crippen molar-refractivity contribution in [2.45, 2.75) is 10.5 Å². The monoisotopic (exact) mass is 364 g/mol. The molecule has 0 fully saturated rings. The number of carbonyl (C=O) groups excluding carboxylic acids is 1. The van der Waals surface area contributed by atoms with Crippen molar-refractivity contribution in [2.75, 3.05) is 6.61 Å². The van der Waals surface area contributed by atoms with Gasteiger partial charge >= 0.3 is 84.6 Å². The molecule has 0 bridgehead atoms. The van der Waals surface area contributed by atoms with Crippen LogP contribution in [-0.2, 0) is 16.0 Å². The van der Waals surface area contributed by atoms with Gasteiger partial charge in [-0.15, -0.1) is 0 Å². The Balaban J connectivity index is 2.15. The summed E-state index contributed by atoms with van der Waals surface area (Å²) in [5, 5.41) is 3.42. The SMILES string of the molecule is O=C([CH2][Po])OCCc1ncno1. The molecule has 6 heteroatoms. The number of nitrogens with zero attached hydrogens (tertiary/aromatic N) is 2. The second kappa shape index (κ2) is 5.20. The van der Waals surface area contributed by atoms with Crippen LogP contribution in [0.1, 0.15) is 5.89 Å². The maximum atomic E-state index is 10.7. The summed E-state index contributed by atoms with van der Waals surface area (Å²) >= 11 is 1.20. The van der Waals surface area contributed by atoms with Gasteiger partial charge in [0.15, 0.2) is 0 Å². The normalized spacial score (nSPS) is 9.75. The summed E-state index contributed by atoms with van der Waals surface area (Å²) in [6, 6.07) is 0. The van der Waals surface area contributed by atoms with Crippen molar-refractivity contribution in [1.82, 2.24) is 10.1 Å². The summed E-state index contributed by atoms with van der Waals surface area (Å²) in [7, 11) is 0. The van der Waals surface area contributed by atoms with Crippen LogP contribution in [0.5, 0.6) is 0 Å². The standard InChI is InChI=1S/C6H7N2O3.Po/c1-5(9)10-3-2-6-7-4-8-11-6;/h4H,1-3H2;. The average molecular weight is 364 g/mol. The topological polar surface area (TPSA) is 65.2 Å². The summed E-state index contributed by atoms with van der Waals surface area (Å²) in [6.07, 6.45) is 1.81. The number of carbonyl (C=O) groups is 1. The van der Waals surface area contributed by atoms with Crippen molar-refractivity contribution < 1.29 is 14.1 Å². The Morgan fingerprint density at radius 2 is 2.58 bits per heavy atom. The van der Waals surface area contributed by atoms with Crippen LogP contribution < -0.4 is 0 Å².